The maximum atomic E-state index is 5.71. The van der Waals surface area contributed by atoms with Gasteiger partial charge in [-0.3, -0.25) is 0 Å². The molecule has 2 aromatic rings. The molecule has 1 aliphatic carbocycles. The maximum Gasteiger partial charge on any atom is 0.0587 e. The highest BCUT2D eigenvalue weighted by Crippen LogP contribution is 2.35. The SMILES string of the molecule is [B][B]C1CCCC(c2ccc3ccccc3c2)CCC1. The third-order valence-electron chi connectivity index (χ3n) is 4.77. The smallest absolute Gasteiger partial charge is 0.0587 e. The molecule has 0 heterocycles. The minimum atomic E-state index is 0.646. The summed E-state index contributed by atoms with van der Waals surface area (Å²) in [5.41, 5.74) is 1.53. The topological polar surface area (TPSA) is 0 Å². The quantitative estimate of drug-likeness (QED) is 0.676. The molecule has 0 N–H and O–H groups in total. The first-order valence-electron chi connectivity index (χ1n) is 7.90. The summed E-state index contributed by atoms with van der Waals surface area (Å²) in [5.74, 6) is 1.38. The van der Waals surface area contributed by atoms with E-state index in [1.165, 1.54) is 54.9 Å². The molecule has 3 rings (SSSR count). The van der Waals surface area contributed by atoms with Crippen molar-refractivity contribution in [3.05, 3.63) is 48.0 Å². The van der Waals surface area contributed by atoms with Crippen LogP contribution in [0.15, 0.2) is 42.5 Å². The van der Waals surface area contributed by atoms with Crippen molar-refractivity contribution in [3.8, 4) is 0 Å². The zero-order chi connectivity index (χ0) is 13.8. The molecule has 3 radical (unpaired) electrons. The highest BCUT2D eigenvalue weighted by atomic mass is 14.2. The Kier molecular flexibility index (Phi) is 4.50. The average Bonchev–Trinajstić information content (AvgIpc) is 2.47. The van der Waals surface area contributed by atoms with Gasteiger partial charge in [0.05, 0.1) is 7.17 Å². The molecular formula is C18H21B2. The lowest BCUT2D eigenvalue weighted by Gasteiger charge is -2.24. The minimum absolute atomic E-state index is 0.646. The number of fused-ring (bicyclic) bond motifs is 1. The molecule has 0 aliphatic heterocycles. The molecule has 99 valence electrons. The van der Waals surface area contributed by atoms with E-state index in [9.17, 15) is 0 Å². The molecule has 0 unspecified atom stereocenters. The largest absolute Gasteiger partial charge is 0.0782 e. The Bertz CT molecular complexity index is 554. The average molecular weight is 259 g/mol. The zero-order valence-electron chi connectivity index (χ0n) is 12.1. The van der Waals surface area contributed by atoms with Crippen molar-refractivity contribution < 1.29 is 0 Å². The summed E-state index contributed by atoms with van der Waals surface area (Å²) >= 11 is 0. The fraction of sp³-hybridized carbons (Fsp3) is 0.444. The zero-order valence-corrected chi connectivity index (χ0v) is 12.1. The first-order chi connectivity index (χ1) is 9.86. The third-order valence-corrected chi connectivity index (χ3v) is 4.77. The van der Waals surface area contributed by atoms with Gasteiger partial charge in [-0.15, -0.1) is 0 Å². The molecule has 0 aromatic heterocycles. The van der Waals surface area contributed by atoms with E-state index < -0.39 is 0 Å². The second-order valence-electron chi connectivity index (χ2n) is 6.12. The first kappa shape index (κ1) is 13.8. The van der Waals surface area contributed by atoms with Gasteiger partial charge in [0.2, 0.25) is 0 Å². The summed E-state index contributed by atoms with van der Waals surface area (Å²) in [5, 5.41) is 2.72. The standard InChI is InChI=1S/C18H21B2/c19-20-18-9-3-7-14(8-4-10-18)17-12-11-15-5-1-2-6-16(15)13-17/h1-2,5-6,11-14,18H,3-4,7-10H2. The van der Waals surface area contributed by atoms with Gasteiger partial charge in [-0.25, -0.2) is 0 Å². The normalized spacial score (nSPS) is 24.0. The molecule has 0 nitrogen and oxygen atoms in total. The van der Waals surface area contributed by atoms with Crippen molar-refractivity contribution in [1.29, 1.82) is 0 Å². The van der Waals surface area contributed by atoms with Crippen LogP contribution in [0.3, 0.4) is 0 Å². The van der Waals surface area contributed by atoms with E-state index >= 15 is 0 Å². The second kappa shape index (κ2) is 6.52. The van der Waals surface area contributed by atoms with Gasteiger partial charge in [0, 0.05) is 7.74 Å². The molecule has 0 amide bonds. The Morgan fingerprint density at radius 1 is 0.850 bits per heavy atom. The first-order valence-corrected chi connectivity index (χ1v) is 7.90. The van der Waals surface area contributed by atoms with Gasteiger partial charge in [-0.2, -0.15) is 0 Å². The fourth-order valence-electron chi connectivity index (χ4n) is 3.53. The Hall–Kier alpha value is -1.17. The van der Waals surface area contributed by atoms with Crippen LogP contribution in [-0.2, 0) is 0 Å². The number of benzene rings is 2. The maximum absolute atomic E-state index is 5.71. The van der Waals surface area contributed by atoms with Crippen LogP contribution in [0.2, 0.25) is 5.82 Å². The van der Waals surface area contributed by atoms with E-state index in [4.69, 9.17) is 7.74 Å². The fourth-order valence-corrected chi connectivity index (χ4v) is 3.53. The van der Waals surface area contributed by atoms with Crippen LogP contribution in [0, 0.1) is 0 Å². The van der Waals surface area contributed by atoms with E-state index in [1.54, 1.807) is 0 Å². The van der Waals surface area contributed by atoms with Gasteiger partial charge in [0.25, 0.3) is 0 Å². The van der Waals surface area contributed by atoms with Crippen molar-refractivity contribution in [2.24, 2.45) is 0 Å². The van der Waals surface area contributed by atoms with E-state index in [2.05, 4.69) is 42.5 Å². The van der Waals surface area contributed by atoms with Crippen LogP contribution in [0.5, 0.6) is 0 Å². The summed E-state index contributed by atoms with van der Waals surface area (Å²) in [4.78, 5) is 0. The van der Waals surface area contributed by atoms with Gasteiger partial charge in [-0.1, -0.05) is 74.0 Å². The van der Waals surface area contributed by atoms with Crippen LogP contribution >= 0.6 is 0 Å². The van der Waals surface area contributed by atoms with Gasteiger partial charge < -0.3 is 0 Å². The highest BCUT2D eigenvalue weighted by Gasteiger charge is 2.17. The number of rotatable bonds is 2. The Balaban J connectivity index is 1.76. The molecule has 1 aliphatic rings. The summed E-state index contributed by atoms with van der Waals surface area (Å²) in [6.45, 7) is 0. The molecule has 0 bridgehead atoms. The van der Waals surface area contributed by atoms with Gasteiger partial charge in [0.15, 0.2) is 0 Å². The summed E-state index contributed by atoms with van der Waals surface area (Å²) in [6, 6.07) is 15.7. The Labute approximate surface area is 124 Å². The molecule has 0 atom stereocenters. The molecule has 2 heteroatoms. The lowest BCUT2D eigenvalue weighted by Crippen LogP contribution is -2.10. The number of hydrogen-bond donors (Lipinski definition) is 0. The van der Waals surface area contributed by atoms with Gasteiger partial charge >= 0.3 is 0 Å². The van der Waals surface area contributed by atoms with E-state index in [0.717, 1.165) is 5.92 Å². The predicted molar refractivity (Wildman–Crippen MR) is 89.6 cm³/mol. The van der Waals surface area contributed by atoms with Crippen LogP contribution in [-0.4, -0.2) is 14.9 Å². The van der Waals surface area contributed by atoms with Crippen molar-refractivity contribution in [2.45, 2.75) is 50.3 Å². The van der Waals surface area contributed by atoms with E-state index in [-0.39, 0.29) is 0 Å². The molecule has 2 aromatic carbocycles. The van der Waals surface area contributed by atoms with Crippen LogP contribution < -0.4 is 0 Å². The third kappa shape index (κ3) is 3.11. The molecule has 20 heavy (non-hydrogen) atoms. The summed E-state index contributed by atoms with van der Waals surface area (Å²) in [7, 11) is 7.62. The van der Waals surface area contributed by atoms with E-state index in [1.807, 2.05) is 7.17 Å². The van der Waals surface area contributed by atoms with Crippen molar-refractivity contribution in [1.82, 2.24) is 0 Å². The number of hydrogen-bond acceptors (Lipinski definition) is 0. The van der Waals surface area contributed by atoms with Crippen LogP contribution in [0.4, 0.5) is 0 Å². The van der Waals surface area contributed by atoms with Gasteiger partial charge in [0.1, 0.15) is 0 Å². The molecule has 0 saturated heterocycles. The van der Waals surface area contributed by atoms with E-state index in [0.29, 0.717) is 5.82 Å². The summed E-state index contributed by atoms with van der Waals surface area (Å²) < 4.78 is 0. The lowest BCUT2D eigenvalue weighted by atomic mass is 9.45. The Morgan fingerprint density at radius 2 is 1.55 bits per heavy atom. The van der Waals surface area contributed by atoms with Crippen LogP contribution in [0.25, 0.3) is 10.8 Å². The predicted octanol–water partition coefficient (Wildman–Crippen LogP) is 4.85. The molecule has 0 spiro atoms. The molecular weight excluding hydrogens is 238 g/mol. The second-order valence-corrected chi connectivity index (χ2v) is 6.12. The molecule has 1 saturated carbocycles. The van der Waals surface area contributed by atoms with Crippen LogP contribution in [0.1, 0.15) is 50.0 Å². The minimum Gasteiger partial charge on any atom is -0.0782 e. The molecule has 1 fully saturated rings. The van der Waals surface area contributed by atoms with Crippen molar-refractivity contribution in [3.63, 3.8) is 0 Å². The Morgan fingerprint density at radius 3 is 2.25 bits per heavy atom. The lowest BCUT2D eigenvalue weighted by molar-refractivity contribution is 0.455. The van der Waals surface area contributed by atoms with Crippen molar-refractivity contribution in [2.75, 3.05) is 0 Å². The summed E-state index contributed by atoms with van der Waals surface area (Å²) in [6.07, 6.45) is 7.75. The van der Waals surface area contributed by atoms with Gasteiger partial charge in [-0.05, 0) is 35.1 Å². The monoisotopic (exact) mass is 259 g/mol. The van der Waals surface area contributed by atoms with Crippen molar-refractivity contribution >= 4 is 25.7 Å². The highest BCUT2D eigenvalue weighted by molar-refractivity contribution is 6.90.